The summed E-state index contributed by atoms with van der Waals surface area (Å²) in [4.78, 5) is 15.3. The zero-order valence-electron chi connectivity index (χ0n) is 10.7. The summed E-state index contributed by atoms with van der Waals surface area (Å²) in [6.45, 7) is 0.801. The predicted octanol–water partition coefficient (Wildman–Crippen LogP) is 0.773. The highest BCUT2D eigenvalue weighted by atomic mass is 16.4. The molecule has 0 fully saturated rings. The van der Waals surface area contributed by atoms with Gasteiger partial charge in [-0.3, -0.25) is 9.48 Å². The van der Waals surface area contributed by atoms with Crippen LogP contribution in [0.15, 0.2) is 36.7 Å². The monoisotopic (exact) mass is 260 g/mol. The number of carbonyl (C=O) groups is 1. The van der Waals surface area contributed by atoms with Gasteiger partial charge in [0.1, 0.15) is 6.33 Å². The van der Waals surface area contributed by atoms with Crippen LogP contribution in [0.2, 0.25) is 0 Å². The molecule has 1 heterocycles. The second-order valence-electron chi connectivity index (χ2n) is 4.27. The third-order valence-corrected chi connectivity index (χ3v) is 2.78. The molecule has 0 aliphatic carbocycles. The molecule has 0 saturated carbocycles. The summed E-state index contributed by atoms with van der Waals surface area (Å²) < 4.78 is 1.61. The van der Waals surface area contributed by atoms with Crippen molar-refractivity contribution in [1.82, 2.24) is 20.1 Å². The Hall–Kier alpha value is -2.21. The molecule has 2 N–H and O–H groups in total. The van der Waals surface area contributed by atoms with Crippen molar-refractivity contribution < 1.29 is 9.90 Å². The lowest BCUT2D eigenvalue weighted by atomic mass is 9.99. The van der Waals surface area contributed by atoms with Gasteiger partial charge in [-0.05, 0) is 5.56 Å². The molecule has 6 heteroatoms. The zero-order valence-corrected chi connectivity index (χ0v) is 10.7. The van der Waals surface area contributed by atoms with Crippen molar-refractivity contribution in [2.45, 2.75) is 12.5 Å². The van der Waals surface area contributed by atoms with Gasteiger partial charge in [-0.1, -0.05) is 30.3 Å². The zero-order chi connectivity index (χ0) is 13.7. The van der Waals surface area contributed by atoms with Gasteiger partial charge < -0.3 is 10.4 Å². The Morgan fingerprint density at radius 1 is 1.42 bits per heavy atom. The van der Waals surface area contributed by atoms with E-state index in [1.165, 1.54) is 0 Å². The fraction of sp³-hybridized carbons (Fsp3) is 0.308. The lowest BCUT2D eigenvalue weighted by molar-refractivity contribution is -0.138. The van der Waals surface area contributed by atoms with Crippen molar-refractivity contribution in [2.75, 3.05) is 6.54 Å². The predicted molar refractivity (Wildman–Crippen MR) is 69.5 cm³/mol. The van der Waals surface area contributed by atoms with Gasteiger partial charge >= 0.3 is 5.97 Å². The Labute approximate surface area is 111 Å². The van der Waals surface area contributed by atoms with Gasteiger partial charge in [0.25, 0.3) is 0 Å². The summed E-state index contributed by atoms with van der Waals surface area (Å²) in [6.07, 6.45) is 1.61. The minimum atomic E-state index is -0.840. The Balaban J connectivity index is 1.93. The molecule has 100 valence electrons. The highest BCUT2D eigenvalue weighted by Gasteiger charge is 2.19. The van der Waals surface area contributed by atoms with Gasteiger partial charge in [0.15, 0.2) is 5.82 Å². The molecule has 0 amide bonds. The summed E-state index contributed by atoms with van der Waals surface area (Å²) in [5, 5.41) is 16.4. The molecule has 0 aliphatic heterocycles. The van der Waals surface area contributed by atoms with E-state index >= 15 is 0 Å². The van der Waals surface area contributed by atoms with Crippen LogP contribution in [0.25, 0.3) is 0 Å². The summed E-state index contributed by atoms with van der Waals surface area (Å²) in [7, 11) is 1.79. The minimum Gasteiger partial charge on any atom is -0.481 e. The number of rotatable bonds is 6. The van der Waals surface area contributed by atoms with Crippen LogP contribution in [0.1, 0.15) is 17.3 Å². The minimum absolute atomic E-state index is 0.345. The fourth-order valence-corrected chi connectivity index (χ4v) is 1.83. The van der Waals surface area contributed by atoms with Crippen molar-refractivity contribution in [3.8, 4) is 0 Å². The number of carboxylic acid groups (broad SMARTS) is 1. The first-order valence-electron chi connectivity index (χ1n) is 6.00. The number of hydrogen-bond acceptors (Lipinski definition) is 4. The van der Waals surface area contributed by atoms with Crippen LogP contribution in [0.5, 0.6) is 0 Å². The van der Waals surface area contributed by atoms with E-state index < -0.39 is 11.9 Å². The smallest absolute Gasteiger partial charge is 0.312 e. The van der Waals surface area contributed by atoms with Crippen LogP contribution in [0, 0.1) is 0 Å². The maximum absolute atomic E-state index is 11.3. The van der Waals surface area contributed by atoms with E-state index in [0.717, 1.165) is 5.56 Å². The van der Waals surface area contributed by atoms with Gasteiger partial charge in [-0.2, -0.15) is 5.10 Å². The van der Waals surface area contributed by atoms with Crippen LogP contribution in [0.3, 0.4) is 0 Å². The number of nitrogens with zero attached hydrogens (tertiary/aromatic N) is 3. The Bertz CT molecular complexity index is 539. The molecular weight excluding hydrogens is 244 g/mol. The van der Waals surface area contributed by atoms with Gasteiger partial charge in [0.05, 0.1) is 12.5 Å². The third-order valence-electron chi connectivity index (χ3n) is 2.78. The summed E-state index contributed by atoms with van der Waals surface area (Å²) in [5.74, 6) is -0.753. The van der Waals surface area contributed by atoms with Crippen molar-refractivity contribution in [2.24, 2.45) is 7.05 Å². The Morgan fingerprint density at radius 3 is 2.74 bits per heavy atom. The van der Waals surface area contributed by atoms with Crippen LogP contribution in [-0.4, -0.2) is 32.4 Å². The molecule has 0 saturated heterocycles. The molecule has 1 unspecified atom stereocenters. The van der Waals surface area contributed by atoms with Crippen LogP contribution >= 0.6 is 0 Å². The molecule has 1 aromatic carbocycles. The van der Waals surface area contributed by atoms with E-state index in [9.17, 15) is 9.90 Å². The van der Waals surface area contributed by atoms with E-state index in [4.69, 9.17) is 0 Å². The number of carboxylic acids is 1. The molecule has 0 radical (unpaired) electrons. The lowest BCUT2D eigenvalue weighted by Crippen LogP contribution is -2.27. The summed E-state index contributed by atoms with van der Waals surface area (Å²) >= 11 is 0. The van der Waals surface area contributed by atoms with Crippen molar-refractivity contribution in [3.63, 3.8) is 0 Å². The Kier molecular flexibility index (Phi) is 4.25. The molecule has 0 aliphatic rings. The molecule has 2 rings (SSSR count). The second-order valence-corrected chi connectivity index (χ2v) is 4.27. The third kappa shape index (κ3) is 3.62. The fourth-order valence-electron chi connectivity index (χ4n) is 1.83. The molecule has 1 atom stereocenters. The highest BCUT2D eigenvalue weighted by Crippen LogP contribution is 2.14. The maximum Gasteiger partial charge on any atom is 0.312 e. The number of nitrogens with one attached hydrogen (secondary N) is 1. The molecule has 19 heavy (non-hydrogen) atoms. The average molecular weight is 260 g/mol. The Morgan fingerprint density at radius 2 is 2.16 bits per heavy atom. The topological polar surface area (TPSA) is 80.0 Å². The number of hydrogen-bond donors (Lipinski definition) is 2. The molecule has 1 aromatic heterocycles. The normalized spacial score (nSPS) is 12.3. The standard InChI is InChI=1S/C13H16N4O2/c1-17-9-15-12(16-17)8-14-7-11(13(18)19)10-5-3-2-4-6-10/h2-6,9,11,14H,7-8H2,1H3,(H,18,19). The van der Waals surface area contributed by atoms with E-state index in [2.05, 4.69) is 15.4 Å². The highest BCUT2D eigenvalue weighted by molar-refractivity contribution is 5.76. The van der Waals surface area contributed by atoms with Gasteiger partial charge in [0.2, 0.25) is 0 Å². The molecular formula is C13H16N4O2. The van der Waals surface area contributed by atoms with E-state index in [-0.39, 0.29) is 0 Å². The number of aromatic nitrogens is 3. The van der Waals surface area contributed by atoms with E-state index in [0.29, 0.717) is 18.9 Å². The first-order chi connectivity index (χ1) is 9.16. The quantitative estimate of drug-likeness (QED) is 0.802. The van der Waals surface area contributed by atoms with E-state index in [1.54, 1.807) is 18.1 Å². The average Bonchev–Trinajstić information content (AvgIpc) is 2.81. The molecule has 0 spiro atoms. The summed E-state index contributed by atoms with van der Waals surface area (Å²) in [6, 6.07) is 9.18. The summed E-state index contributed by atoms with van der Waals surface area (Å²) in [5.41, 5.74) is 0.788. The van der Waals surface area contributed by atoms with Crippen LogP contribution < -0.4 is 5.32 Å². The van der Waals surface area contributed by atoms with Gasteiger partial charge in [-0.15, -0.1) is 0 Å². The molecule has 2 aromatic rings. The van der Waals surface area contributed by atoms with Crippen LogP contribution in [0.4, 0.5) is 0 Å². The van der Waals surface area contributed by atoms with Crippen LogP contribution in [-0.2, 0) is 18.4 Å². The maximum atomic E-state index is 11.3. The van der Waals surface area contributed by atoms with Crippen molar-refractivity contribution >= 4 is 5.97 Å². The van der Waals surface area contributed by atoms with Crippen molar-refractivity contribution in [1.29, 1.82) is 0 Å². The second kappa shape index (κ2) is 6.10. The van der Waals surface area contributed by atoms with Gasteiger partial charge in [0, 0.05) is 13.6 Å². The molecule has 6 nitrogen and oxygen atoms in total. The molecule has 0 bridgehead atoms. The van der Waals surface area contributed by atoms with Gasteiger partial charge in [-0.25, -0.2) is 4.98 Å². The van der Waals surface area contributed by atoms with E-state index in [1.807, 2.05) is 30.3 Å². The SMILES string of the molecule is Cn1cnc(CNCC(C(=O)O)c2ccccc2)n1. The first-order valence-corrected chi connectivity index (χ1v) is 6.00. The first kappa shape index (κ1) is 13.2. The number of benzene rings is 1. The number of aryl methyl sites for hydroxylation is 1. The largest absolute Gasteiger partial charge is 0.481 e. The lowest BCUT2D eigenvalue weighted by Gasteiger charge is -2.12. The number of aliphatic carboxylic acids is 1. The van der Waals surface area contributed by atoms with Crippen molar-refractivity contribution in [3.05, 3.63) is 48.0 Å².